The van der Waals surface area contributed by atoms with E-state index in [1.807, 2.05) is 20.8 Å². The van der Waals surface area contributed by atoms with Crippen LogP contribution in [0.3, 0.4) is 0 Å². The molecule has 0 saturated heterocycles. The summed E-state index contributed by atoms with van der Waals surface area (Å²) in [6.07, 6.45) is 0. The van der Waals surface area contributed by atoms with Crippen molar-refractivity contribution in [1.29, 1.82) is 0 Å². The summed E-state index contributed by atoms with van der Waals surface area (Å²) in [5.41, 5.74) is 7.37. The fraction of sp³-hybridized carbons (Fsp3) is 0.455. The monoisotopic (exact) mass is 264 g/mol. The van der Waals surface area contributed by atoms with E-state index in [1.165, 1.54) is 7.11 Å². The molecule has 0 saturated carbocycles. The second-order valence-electron chi connectivity index (χ2n) is 4.11. The molecule has 0 aromatic carbocycles. The summed E-state index contributed by atoms with van der Waals surface area (Å²) in [6, 6.07) is 0.0960. The first kappa shape index (κ1) is 13.1. The zero-order valence-electron chi connectivity index (χ0n) is 11.3. The number of aryl methyl sites for hydroxylation is 2. The number of nitrogens with zero attached hydrogens (tertiary/aromatic N) is 4. The van der Waals surface area contributed by atoms with E-state index in [-0.39, 0.29) is 18.0 Å². The van der Waals surface area contributed by atoms with E-state index in [9.17, 15) is 0 Å². The lowest BCUT2D eigenvalue weighted by molar-refractivity contribution is 0.379. The molecular formula is C11H16N6O2. The zero-order chi connectivity index (χ0) is 14.0. The van der Waals surface area contributed by atoms with Gasteiger partial charge in [-0.05, 0) is 20.8 Å². The van der Waals surface area contributed by atoms with Gasteiger partial charge in [0, 0.05) is 5.56 Å². The number of aromatic nitrogens is 4. The van der Waals surface area contributed by atoms with Gasteiger partial charge in [0.15, 0.2) is 0 Å². The van der Waals surface area contributed by atoms with E-state index in [2.05, 4.69) is 25.4 Å². The summed E-state index contributed by atoms with van der Waals surface area (Å²) in [7, 11) is 1.47. The summed E-state index contributed by atoms with van der Waals surface area (Å²) in [5.74, 6) is 1.20. The lowest BCUT2D eigenvalue weighted by Crippen LogP contribution is -2.13. The van der Waals surface area contributed by atoms with Crippen molar-refractivity contribution < 1.29 is 9.26 Å². The van der Waals surface area contributed by atoms with Gasteiger partial charge in [0.2, 0.25) is 11.9 Å². The molecule has 19 heavy (non-hydrogen) atoms. The summed E-state index contributed by atoms with van der Waals surface area (Å²) in [4.78, 5) is 11.9. The highest BCUT2D eigenvalue weighted by molar-refractivity contribution is 5.37. The van der Waals surface area contributed by atoms with Gasteiger partial charge in [-0.25, -0.2) is 0 Å². The maximum absolute atomic E-state index is 5.58. The van der Waals surface area contributed by atoms with E-state index in [0.29, 0.717) is 5.95 Å². The summed E-state index contributed by atoms with van der Waals surface area (Å²) >= 11 is 0. The Morgan fingerprint density at radius 3 is 2.58 bits per heavy atom. The second-order valence-corrected chi connectivity index (χ2v) is 4.11. The average molecular weight is 264 g/mol. The van der Waals surface area contributed by atoms with Gasteiger partial charge in [-0.2, -0.15) is 15.0 Å². The molecule has 0 spiro atoms. The molecule has 0 aliphatic rings. The third-order valence-electron chi connectivity index (χ3n) is 2.68. The fourth-order valence-electron chi connectivity index (χ4n) is 1.90. The van der Waals surface area contributed by atoms with Crippen molar-refractivity contribution in [2.75, 3.05) is 18.2 Å². The molecule has 0 fully saturated rings. The van der Waals surface area contributed by atoms with Gasteiger partial charge in [0.1, 0.15) is 5.76 Å². The third-order valence-corrected chi connectivity index (χ3v) is 2.68. The maximum Gasteiger partial charge on any atom is 0.322 e. The number of nitrogens with two attached hydrogens (primary N) is 1. The Labute approximate surface area is 110 Å². The molecule has 0 radical (unpaired) electrons. The number of nitrogen functional groups attached to an aromatic ring is 1. The van der Waals surface area contributed by atoms with Crippen molar-refractivity contribution in [3.63, 3.8) is 0 Å². The predicted octanol–water partition coefficient (Wildman–Crippen LogP) is 1.24. The van der Waals surface area contributed by atoms with Gasteiger partial charge < -0.3 is 20.3 Å². The quantitative estimate of drug-likeness (QED) is 0.848. The Hall–Kier alpha value is -2.38. The number of hydrogen-bond acceptors (Lipinski definition) is 8. The van der Waals surface area contributed by atoms with Crippen LogP contribution >= 0.6 is 0 Å². The molecular weight excluding hydrogens is 248 g/mol. The molecule has 0 aliphatic heterocycles. The van der Waals surface area contributed by atoms with Crippen LogP contribution in [0, 0.1) is 13.8 Å². The minimum Gasteiger partial charge on any atom is -0.467 e. The summed E-state index contributed by atoms with van der Waals surface area (Å²) < 4.78 is 10.1. The van der Waals surface area contributed by atoms with Crippen molar-refractivity contribution in [2.45, 2.75) is 26.8 Å². The van der Waals surface area contributed by atoms with Gasteiger partial charge in [-0.3, -0.25) is 0 Å². The molecule has 3 N–H and O–H groups in total. The van der Waals surface area contributed by atoms with E-state index in [1.54, 1.807) is 0 Å². The first-order chi connectivity index (χ1) is 9.01. The number of ether oxygens (including phenoxy) is 1. The van der Waals surface area contributed by atoms with Crippen LogP contribution in [0.2, 0.25) is 0 Å². The van der Waals surface area contributed by atoms with Gasteiger partial charge in [0.25, 0.3) is 0 Å². The Bertz CT molecular complexity index is 563. The fourth-order valence-corrected chi connectivity index (χ4v) is 1.90. The Morgan fingerprint density at radius 1 is 1.26 bits per heavy atom. The van der Waals surface area contributed by atoms with E-state index < -0.39 is 0 Å². The first-order valence-electron chi connectivity index (χ1n) is 5.76. The summed E-state index contributed by atoms with van der Waals surface area (Å²) in [5, 5.41) is 7.03. The highest BCUT2D eigenvalue weighted by Gasteiger charge is 2.17. The molecule has 1 atom stereocenters. The van der Waals surface area contributed by atoms with Crippen LogP contribution in [0.25, 0.3) is 0 Å². The highest BCUT2D eigenvalue weighted by atomic mass is 16.5. The largest absolute Gasteiger partial charge is 0.467 e. The molecule has 0 amide bonds. The molecule has 2 aromatic rings. The number of hydrogen-bond donors (Lipinski definition) is 2. The van der Waals surface area contributed by atoms with E-state index in [4.69, 9.17) is 15.0 Å². The van der Waals surface area contributed by atoms with Crippen LogP contribution in [0.15, 0.2) is 4.52 Å². The van der Waals surface area contributed by atoms with Crippen molar-refractivity contribution in [2.24, 2.45) is 0 Å². The van der Waals surface area contributed by atoms with E-state index in [0.717, 1.165) is 17.0 Å². The lowest BCUT2D eigenvalue weighted by atomic mass is 10.1. The number of rotatable bonds is 4. The van der Waals surface area contributed by atoms with Crippen LogP contribution in [0.4, 0.5) is 11.9 Å². The molecule has 0 aliphatic carbocycles. The first-order valence-corrected chi connectivity index (χ1v) is 5.76. The molecule has 1 unspecified atom stereocenters. The van der Waals surface area contributed by atoms with Crippen molar-refractivity contribution in [3.05, 3.63) is 17.0 Å². The molecule has 8 nitrogen and oxygen atoms in total. The smallest absolute Gasteiger partial charge is 0.322 e. The maximum atomic E-state index is 5.58. The number of anilines is 2. The molecule has 0 bridgehead atoms. The van der Waals surface area contributed by atoms with Crippen LogP contribution in [-0.2, 0) is 0 Å². The average Bonchev–Trinajstić information content (AvgIpc) is 2.68. The minimum absolute atomic E-state index is 0.0715. The Morgan fingerprint density at radius 2 is 2.00 bits per heavy atom. The highest BCUT2D eigenvalue weighted by Crippen LogP contribution is 2.24. The lowest BCUT2D eigenvalue weighted by Gasteiger charge is -2.13. The van der Waals surface area contributed by atoms with Crippen molar-refractivity contribution in [1.82, 2.24) is 20.1 Å². The van der Waals surface area contributed by atoms with Crippen LogP contribution in [0.1, 0.15) is 30.0 Å². The normalized spacial score (nSPS) is 12.2. The van der Waals surface area contributed by atoms with Gasteiger partial charge in [-0.1, -0.05) is 5.16 Å². The van der Waals surface area contributed by atoms with Crippen molar-refractivity contribution >= 4 is 11.9 Å². The molecule has 2 heterocycles. The Kier molecular flexibility index (Phi) is 3.50. The summed E-state index contributed by atoms with van der Waals surface area (Å²) in [6.45, 7) is 5.70. The topological polar surface area (TPSA) is 112 Å². The predicted molar refractivity (Wildman–Crippen MR) is 68.8 cm³/mol. The van der Waals surface area contributed by atoms with Crippen LogP contribution in [-0.4, -0.2) is 27.2 Å². The SMILES string of the molecule is COc1nc(N)nc(NC(C)c2c(C)noc2C)n1. The minimum atomic E-state index is -0.0715. The molecule has 8 heteroatoms. The zero-order valence-corrected chi connectivity index (χ0v) is 11.3. The van der Waals surface area contributed by atoms with Gasteiger partial charge >= 0.3 is 6.01 Å². The van der Waals surface area contributed by atoms with Crippen molar-refractivity contribution in [3.8, 4) is 6.01 Å². The molecule has 2 aromatic heterocycles. The standard InChI is InChI=1S/C11H16N6O2/c1-5(8-6(2)17-19-7(8)3)13-10-14-9(12)15-11(16-10)18-4/h5H,1-4H3,(H3,12,13,14,15,16). The van der Waals surface area contributed by atoms with Gasteiger partial charge in [-0.15, -0.1) is 0 Å². The van der Waals surface area contributed by atoms with E-state index >= 15 is 0 Å². The molecule has 2 rings (SSSR count). The van der Waals surface area contributed by atoms with Gasteiger partial charge in [0.05, 0.1) is 18.8 Å². The molecule has 102 valence electrons. The third kappa shape index (κ3) is 2.72. The Balaban J connectivity index is 2.24. The number of nitrogens with one attached hydrogen (secondary N) is 1. The second kappa shape index (κ2) is 5.09. The number of methoxy groups -OCH3 is 1. The van der Waals surface area contributed by atoms with Crippen LogP contribution in [0.5, 0.6) is 6.01 Å². The van der Waals surface area contributed by atoms with Crippen LogP contribution < -0.4 is 15.8 Å².